The van der Waals surface area contributed by atoms with Crippen LogP contribution in [0.25, 0.3) is 10.9 Å². The molecule has 6 heteroatoms. The molecule has 1 atom stereocenters. The fourth-order valence-corrected chi connectivity index (χ4v) is 2.95. The van der Waals surface area contributed by atoms with Gasteiger partial charge in [-0.2, -0.15) is 0 Å². The molecule has 1 fully saturated rings. The molecule has 0 radical (unpaired) electrons. The van der Waals surface area contributed by atoms with E-state index in [4.69, 9.17) is 9.47 Å². The first kappa shape index (κ1) is 16.7. The molecule has 2 heterocycles. The molecule has 2 aromatic rings. The number of aromatic nitrogens is 1. The number of morpholine rings is 1. The third kappa shape index (κ3) is 3.66. The zero-order valence-corrected chi connectivity index (χ0v) is 14.1. The summed E-state index contributed by atoms with van der Waals surface area (Å²) in [5.74, 6) is 0.821. The average molecular weight is 329 g/mol. The third-order valence-electron chi connectivity index (χ3n) is 4.28. The van der Waals surface area contributed by atoms with E-state index in [9.17, 15) is 4.79 Å². The Balaban J connectivity index is 1.73. The van der Waals surface area contributed by atoms with Gasteiger partial charge in [-0.05, 0) is 17.7 Å². The van der Waals surface area contributed by atoms with E-state index in [0.717, 1.165) is 35.3 Å². The molecular formula is C18H23N3O3. The summed E-state index contributed by atoms with van der Waals surface area (Å²) in [7, 11) is 3.46. The maximum atomic E-state index is 12.5. The molecule has 0 aliphatic carbocycles. The van der Waals surface area contributed by atoms with Crippen LogP contribution in [0.2, 0.25) is 0 Å². The molecule has 3 rings (SSSR count). The number of rotatable bonds is 5. The van der Waals surface area contributed by atoms with Crippen molar-refractivity contribution in [3.63, 3.8) is 0 Å². The van der Waals surface area contributed by atoms with E-state index < -0.39 is 0 Å². The number of pyridine rings is 1. The van der Waals surface area contributed by atoms with Crippen molar-refractivity contribution in [3.05, 3.63) is 36.0 Å². The summed E-state index contributed by atoms with van der Waals surface area (Å²) in [4.78, 5) is 18.6. The quantitative estimate of drug-likeness (QED) is 0.902. The molecule has 1 amide bonds. The van der Waals surface area contributed by atoms with Crippen LogP contribution in [0.3, 0.4) is 0 Å². The molecule has 128 valence electrons. The molecule has 1 aliphatic rings. The van der Waals surface area contributed by atoms with Gasteiger partial charge in [0.15, 0.2) is 0 Å². The molecule has 1 aliphatic heterocycles. The van der Waals surface area contributed by atoms with Gasteiger partial charge in [-0.3, -0.25) is 9.78 Å². The maximum absolute atomic E-state index is 12.5. The molecule has 0 spiro atoms. The SMILES string of the molecule is COc1ccc(CN(C)C(=O)C[C@H]2CNCCO2)c2cccnc12. The molecule has 0 unspecified atom stereocenters. The van der Waals surface area contributed by atoms with Gasteiger partial charge >= 0.3 is 0 Å². The zero-order chi connectivity index (χ0) is 16.9. The van der Waals surface area contributed by atoms with Crippen molar-refractivity contribution in [2.24, 2.45) is 0 Å². The van der Waals surface area contributed by atoms with Crippen LogP contribution in [0.4, 0.5) is 0 Å². The van der Waals surface area contributed by atoms with Gasteiger partial charge < -0.3 is 19.7 Å². The summed E-state index contributed by atoms with van der Waals surface area (Å²) >= 11 is 0. The number of nitrogens with zero attached hydrogens (tertiary/aromatic N) is 2. The lowest BCUT2D eigenvalue weighted by atomic mass is 10.1. The number of methoxy groups -OCH3 is 1. The van der Waals surface area contributed by atoms with Crippen LogP contribution in [0.15, 0.2) is 30.5 Å². The normalized spacial score (nSPS) is 17.7. The number of carbonyl (C=O) groups excluding carboxylic acids is 1. The monoisotopic (exact) mass is 329 g/mol. The van der Waals surface area contributed by atoms with Crippen LogP contribution in [-0.4, -0.2) is 55.7 Å². The van der Waals surface area contributed by atoms with Crippen molar-refractivity contribution >= 4 is 16.8 Å². The fourth-order valence-electron chi connectivity index (χ4n) is 2.95. The minimum absolute atomic E-state index is 0.0389. The van der Waals surface area contributed by atoms with E-state index in [1.807, 2.05) is 31.3 Å². The number of benzene rings is 1. The first-order valence-electron chi connectivity index (χ1n) is 8.16. The number of hydrogen-bond donors (Lipinski definition) is 1. The average Bonchev–Trinajstić information content (AvgIpc) is 2.62. The summed E-state index contributed by atoms with van der Waals surface area (Å²) in [6.07, 6.45) is 2.11. The molecule has 0 saturated carbocycles. The lowest BCUT2D eigenvalue weighted by Crippen LogP contribution is -2.41. The van der Waals surface area contributed by atoms with Crippen molar-refractivity contribution in [2.45, 2.75) is 19.1 Å². The van der Waals surface area contributed by atoms with Crippen LogP contribution in [0, 0.1) is 0 Å². The van der Waals surface area contributed by atoms with E-state index in [2.05, 4.69) is 10.3 Å². The van der Waals surface area contributed by atoms with Crippen molar-refractivity contribution in [1.82, 2.24) is 15.2 Å². The van der Waals surface area contributed by atoms with Crippen LogP contribution in [-0.2, 0) is 16.1 Å². The zero-order valence-electron chi connectivity index (χ0n) is 14.1. The molecule has 6 nitrogen and oxygen atoms in total. The Labute approximate surface area is 141 Å². The lowest BCUT2D eigenvalue weighted by molar-refractivity contribution is -0.133. The fraction of sp³-hybridized carbons (Fsp3) is 0.444. The molecule has 1 N–H and O–H groups in total. The van der Waals surface area contributed by atoms with Gasteiger partial charge in [0.1, 0.15) is 11.3 Å². The number of ether oxygens (including phenoxy) is 2. The highest BCUT2D eigenvalue weighted by Gasteiger charge is 2.20. The van der Waals surface area contributed by atoms with Crippen molar-refractivity contribution in [1.29, 1.82) is 0 Å². The van der Waals surface area contributed by atoms with E-state index in [-0.39, 0.29) is 12.0 Å². The molecule has 0 bridgehead atoms. The standard InChI is InChI=1S/C18H23N3O3/c1-21(17(22)10-14-11-19-8-9-24-14)12-13-5-6-16(23-2)18-15(13)4-3-7-20-18/h3-7,14,19H,8-12H2,1-2H3/t14-/m0/s1. The van der Waals surface area contributed by atoms with Crippen molar-refractivity contribution in [3.8, 4) is 5.75 Å². The van der Waals surface area contributed by atoms with Gasteiger partial charge in [-0.25, -0.2) is 0 Å². The van der Waals surface area contributed by atoms with E-state index in [1.165, 1.54) is 0 Å². The summed E-state index contributed by atoms with van der Waals surface area (Å²) in [6.45, 7) is 2.78. The highest BCUT2D eigenvalue weighted by Crippen LogP contribution is 2.27. The first-order valence-corrected chi connectivity index (χ1v) is 8.16. The number of fused-ring (bicyclic) bond motifs is 1. The lowest BCUT2D eigenvalue weighted by Gasteiger charge is -2.26. The summed E-state index contributed by atoms with van der Waals surface area (Å²) in [6, 6.07) is 7.80. The van der Waals surface area contributed by atoms with Gasteiger partial charge in [-0.15, -0.1) is 0 Å². The van der Waals surface area contributed by atoms with Crippen LogP contribution in [0.5, 0.6) is 5.75 Å². The Morgan fingerprint density at radius 1 is 1.46 bits per heavy atom. The van der Waals surface area contributed by atoms with Gasteiger partial charge in [0.25, 0.3) is 0 Å². The molecular weight excluding hydrogens is 306 g/mol. The van der Waals surface area contributed by atoms with Crippen LogP contribution in [0.1, 0.15) is 12.0 Å². The van der Waals surface area contributed by atoms with Gasteiger partial charge in [0.2, 0.25) is 5.91 Å². The van der Waals surface area contributed by atoms with Crippen LogP contribution >= 0.6 is 0 Å². The largest absolute Gasteiger partial charge is 0.494 e. The van der Waals surface area contributed by atoms with E-state index in [0.29, 0.717) is 19.6 Å². The van der Waals surface area contributed by atoms with Gasteiger partial charge in [-0.1, -0.05) is 12.1 Å². The minimum atomic E-state index is -0.0389. The first-order chi connectivity index (χ1) is 11.7. The molecule has 1 saturated heterocycles. The Hall–Kier alpha value is -2.18. The smallest absolute Gasteiger partial charge is 0.225 e. The summed E-state index contributed by atoms with van der Waals surface area (Å²) < 4.78 is 11.0. The second-order valence-electron chi connectivity index (χ2n) is 5.98. The summed E-state index contributed by atoms with van der Waals surface area (Å²) in [5, 5.41) is 4.25. The Morgan fingerprint density at radius 3 is 3.08 bits per heavy atom. The second-order valence-corrected chi connectivity index (χ2v) is 5.98. The van der Waals surface area contributed by atoms with Crippen molar-refractivity contribution in [2.75, 3.05) is 33.9 Å². The topological polar surface area (TPSA) is 63.7 Å². The number of amides is 1. The predicted octanol–water partition coefficient (Wildman–Crippen LogP) is 1.58. The minimum Gasteiger partial charge on any atom is -0.494 e. The molecule has 1 aromatic heterocycles. The van der Waals surface area contributed by atoms with E-state index >= 15 is 0 Å². The van der Waals surface area contributed by atoms with Crippen molar-refractivity contribution < 1.29 is 14.3 Å². The maximum Gasteiger partial charge on any atom is 0.225 e. The third-order valence-corrected chi connectivity index (χ3v) is 4.28. The number of carbonyl (C=O) groups is 1. The Bertz CT molecular complexity index is 714. The predicted molar refractivity (Wildman–Crippen MR) is 92.0 cm³/mol. The second kappa shape index (κ2) is 7.59. The molecule has 1 aromatic carbocycles. The van der Waals surface area contributed by atoms with Crippen LogP contribution < -0.4 is 10.1 Å². The Kier molecular flexibility index (Phi) is 5.27. The van der Waals surface area contributed by atoms with E-state index in [1.54, 1.807) is 18.2 Å². The highest BCUT2D eigenvalue weighted by molar-refractivity contribution is 5.88. The summed E-state index contributed by atoms with van der Waals surface area (Å²) in [5.41, 5.74) is 1.87. The number of nitrogens with one attached hydrogen (secondary N) is 1. The van der Waals surface area contributed by atoms with Gasteiger partial charge in [0, 0.05) is 38.3 Å². The Morgan fingerprint density at radius 2 is 2.33 bits per heavy atom. The number of hydrogen-bond acceptors (Lipinski definition) is 5. The highest BCUT2D eigenvalue weighted by atomic mass is 16.5. The van der Waals surface area contributed by atoms with Gasteiger partial charge in [0.05, 0.1) is 26.2 Å². The molecule has 24 heavy (non-hydrogen) atoms.